The summed E-state index contributed by atoms with van der Waals surface area (Å²) in [6, 6.07) is 14.8. The van der Waals surface area contributed by atoms with Crippen LogP contribution in [0.4, 0.5) is 35.1 Å². The monoisotopic (exact) mass is 904 g/mol. The Kier molecular flexibility index (Phi) is 23.8. The molecule has 0 aromatic heterocycles. The minimum atomic E-state index is -4.24. The lowest BCUT2D eigenvalue weighted by Gasteiger charge is -2.20. The molecular weight excluding hydrogens is 849 g/mol. The van der Waals surface area contributed by atoms with Crippen LogP contribution in [0.15, 0.2) is 72.8 Å². The van der Waals surface area contributed by atoms with Gasteiger partial charge >= 0.3 is 12.2 Å². The van der Waals surface area contributed by atoms with Gasteiger partial charge < -0.3 is 29.9 Å². The Morgan fingerprint density at radius 2 is 0.766 bits per heavy atom. The van der Waals surface area contributed by atoms with Gasteiger partial charge in [0.15, 0.2) is 0 Å². The van der Waals surface area contributed by atoms with Crippen LogP contribution in [0.3, 0.4) is 0 Å². The fourth-order valence-electron chi connectivity index (χ4n) is 6.27. The Morgan fingerprint density at radius 3 is 1.20 bits per heavy atom. The molecule has 348 valence electrons. The Balaban J connectivity index is 0.000000340. The summed E-state index contributed by atoms with van der Waals surface area (Å²) in [5.74, 6) is 4.94. The number of aryl methyl sites for hydroxylation is 2. The van der Waals surface area contributed by atoms with Gasteiger partial charge in [0.25, 0.3) is 0 Å². The summed E-state index contributed by atoms with van der Waals surface area (Å²) >= 11 is 0. The maximum atomic E-state index is 14.6. The number of hydrogen-bond acceptors (Lipinski definition) is 6. The summed E-state index contributed by atoms with van der Waals surface area (Å²) in [6.45, 7) is 0.401. The van der Waals surface area contributed by atoms with Crippen molar-refractivity contribution < 1.29 is 65.0 Å². The number of aliphatic hydroxyl groups is 4. The third-order valence-corrected chi connectivity index (χ3v) is 9.63. The van der Waals surface area contributed by atoms with E-state index in [1.54, 1.807) is 12.1 Å². The Hall–Kier alpha value is -5.12. The van der Waals surface area contributed by atoms with Gasteiger partial charge in [-0.05, 0) is 136 Å². The molecule has 0 unspecified atom stereocenters. The molecule has 4 aromatic carbocycles. The maximum absolute atomic E-state index is 14.6. The molecule has 0 radical (unpaired) electrons. The van der Waals surface area contributed by atoms with E-state index < -0.39 is 46.6 Å². The van der Waals surface area contributed by atoms with Crippen LogP contribution in [-0.2, 0) is 25.1 Å². The molecule has 0 aliphatic carbocycles. The van der Waals surface area contributed by atoms with E-state index in [0.717, 1.165) is 81.2 Å². The lowest BCUT2D eigenvalue weighted by atomic mass is 10.0. The van der Waals surface area contributed by atoms with Crippen molar-refractivity contribution in [2.45, 2.75) is 115 Å². The predicted molar refractivity (Wildman–Crippen MR) is 229 cm³/mol. The van der Waals surface area contributed by atoms with Gasteiger partial charge in [0.1, 0.15) is 45.9 Å². The Morgan fingerprint density at radius 1 is 0.406 bits per heavy atom. The van der Waals surface area contributed by atoms with Crippen molar-refractivity contribution in [3.8, 4) is 35.2 Å². The molecule has 0 fully saturated rings. The first-order chi connectivity index (χ1) is 30.7. The maximum Gasteiger partial charge on any atom is 0.432 e. The minimum absolute atomic E-state index is 0.0241. The minimum Gasteiger partial charge on any atom is -0.429 e. The van der Waals surface area contributed by atoms with E-state index in [1.165, 1.54) is 36.4 Å². The molecule has 6 nitrogen and oxygen atoms in total. The van der Waals surface area contributed by atoms with Crippen molar-refractivity contribution >= 4 is 0 Å². The molecule has 0 aliphatic rings. The van der Waals surface area contributed by atoms with Crippen LogP contribution in [0.1, 0.15) is 123 Å². The average Bonchev–Trinajstić information content (AvgIpc) is 3.24. The third-order valence-electron chi connectivity index (χ3n) is 9.63. The number of hydrogen-bond donors (Lipinski definition) is 4. The highest BCUT2D eigenvalue weighted by atomic mass is 19.3. The average molecular weight is 905 g/mol. The van der Waals surface area contributed by atoms with E-state index in [9.17, 15) is 35.1 Å². The first-order valence-electron chi connectivity index (χ1n) is 21.5. The molecular formula is C50H56F8O6. The van der Waals surface area contributed by atoms with Crippen LogP contribution in [0.2, 0.25) is 0 Å². The molecule has 0 aliphatic heterocycles. The summed E-state index contributed by atoms with van der Waals surface area (Å²) in [7, 11) is 0. The molecule has 4 N–H and O–H groups in total. The number of unbranched alkanes of at least 4 members (excludes halogenated alkanes) is 10. The summed E-state index contributed by atoms with van der Waals surface area (Å²) in [5.41, 5.74) is -1.11. The Labute approximate surface area is 370 Å². The molecule has 0 heterocycles. The first kappa shape index (κ1) is 53.2. The van der Waals surface area contributed by atoms with Crippen LogP contribution in [0.25, 0.3) is 0 Å². The number of ether oxygens (including phenoxy) is 2. The van der Waals surface area contributed by atoms with Gasteiger partial charge in [-0.15, -0.1) is 0 Å². The number of halogens is 8. The van der Waals surface area contributed by atoms with E-state index in [4.69, 9.17) is 20.4 Å². The molecule has 0 saturated carbocycles. The Bertz CT molecular complexity index is 2060. The molecule has 0 saturated heterocycles. The normalized spacial score (nSPS) is 11.2. The molecule has 0 spiro atoms. The zero-order valence-electron chi connectivity index (χ0n) is 35.7. The zero-order chi connectivity index (χ0) is 46.8. The van der Waals surface area contributed by atoms with Crippen LogP contribution in [-0.4, -0.2) is 46.9 Å². The van der Waals surface area contributed by atoms with E-state index in [-0.39, 0.29) is 43.5 Å². The summed E-state index contributed by atoms with van der Waals surface area (Å²) in [6.07, 6.45) is 2.81. The molecule has 0 atom stereocenters. The number of rotatable bonds is 24. The van der Waals surface area contributed by atoms with Gasteiger partial charge in [0.05, 0.1) is 0 Å². The fraction of sp³-hybridized carbons (Fsp3) is 0.440. The number of aliphatic hydroxyl groups excluding tert-OH is 4. The lowest BCUT2D eigenvalue weighted by Crippen LogP contribution is -2.25. The van der Waals surface area contributed by atoms with Gasteiger partial charge in [-0.3, -0.25) is 0 Å². The second-order valence-electron chi connectivity index (χ2n) is 14.9. The standard InChI is InChI=1S/C25H32F4O3.C25H24F4O3/c2*26-22-17-20(10-6-2-4-8-16-31)18-23(27)24(22)25(28,29)32-21-13-11-19(12-14-21)9-5-1-3-7-15-30/h11-14,17-18,30-31H,1-10,15-16H2;11-14,17-18,30-31H,1-4,7-8,15-16H2. The first-order valence-corrected chi connectivity index (χ1v) is 21.5. The van der Waals surface area contributed by atoms with Crippen molar-refractivity contribution in [2.24, 2.45) is 0 Å². The summed E-state index contributed by atoms with van der Waals surface area (Å²) in [4.78, 5) is 0. The molecule has 64 heavy (non-hydrogen) atoms. The van der Waals surface area contributed by atoms with Gasteiger partial charge in [-0.1, -0.05) is 61.5 Å². The van der Waals surface area contributed by atoms with Crippen LogP contribution in [0, 0.1) is 47.0 Å². The van der Waals surface area contributed by atoms with E-state index in [2.05, 4.69) is 33.2 Å². The summed E-state index contributed by atoms with van der Waals surface area (Å²) in [5, 5.41) is 34.9. The smallest absolute Gasteiger partial charge is 0.429 e. The van der Waals surface area contributed by atoms with Crippen molar-refractivity contribution in [3.05, 3.63) is 129 Å². The molecule has 0 bridgehead atoms. The highest BCUT2D eigenvalue weighted by molar-refractivity contribution is 5.41. The highest BCUT2D eigenvalue weighted by Crippen LogP contribution is 2.37. The predicted octanol–water partition coefficient (Wildman–Crippen LogP) is 11.4. The van der Waals surface area contributed by atoms with Crippen LogP contribution in [0.5, 0.6) is 11.5 Å². The second kappa shape index (κ2) is 28.6. The topological polar surface area (TPSA) is 99.4 Å². The van der Waals surface area contributed by atoms with E-state index in [1.807, 2.05) is 0 Å². The van der Waals surface area contributed by atoms with Crippen LogP contribution < -0.4 is 9.47 Å². The molecule has 4 rings (SSSR count). The largest absolute Gasteiger partial charge is 0.432 e. The number of alkyl halides is 4. The summed E-state index contributed by atoms with van der Waals surface area (Å²) < 4.78 is 125. The van der Waals surface area contributed by atoms with Crippen molar-refractivity contribution in [1.82, 2.24) is 0 Å². The van der Waals surface area contributed by atoms with Crippen LogP contribution >= 0.6 is 0 Å². The van der Waals surface area contributed by atoms with Crippen molar-refractivity contribution in [1.29, 1.82) is 0 Å². The third kappa shape index (κ3) is 18.9. The van der Waals surface area contributed by atoms with Crippen molar-refractivity contribution in [2.75, 3.05) is 26.4 Å². The molecule has 0 amide bonds. The second-order valence-corrected chi connectivity index (χ2v) is 14.9. The highest BCUT2D eigenvalue weighted by Gasteiger charge is 2.42. The SMILES string of the molecule is OCCCCC#Cc1ccc(OC(F)(F)c2c(F)cc(C#CCCCCO)cc2F)cc1.OCCCCCCc1ccc(OC(F)(F)c2c(F)cc(CCCCCCO)cc2F)cc1. The van der Waals surface area contributed by atoms with Gasteiger partial charge in [-0.2, -0.15) is 17.6 Å². The van der Waals surface area contributed by atoms with Gasteiger partial charge in [0, 0.05) is 50.4 Å². The fourth-order valence-corrected chi connectivity index (χ4v) is 6.27. The van der Waals surface area contributed by atoms with Gasteiger partial charge in [0.2, 0.25) is 0 Å². The van der Waals surface area contributed by atoms with Crippen molar-refractivity contribution in [3.63, 3.8) is 0 Å². The molecule has 14 heteroatoms. The molecule has 4 aromatic rings. The number of benzene rings is 4. The lowest BCUT2D eigenvalue weighted by molar-refractivity contribution is -0.190. The van der Waals surface area contributed by atoms with E-state index in [0.29, 0.717) is 62.5 Å². The quantitative estimate of drug-likeness (QED) is 0.0318. The zero-order valence-corrected chi connectivity index (χ0v) is 35.7. The van der Waals surface area contributed by atoms with Gasteiger partial charge in [-0.25, -0.2) is 17.6 Å². The van der Waals surface area contributed by atoms with E-state index >= 15 is 0 Å².